The summed E-state index contributed by atoms with van der Waals surface area (Å²) in [4.78, 5) is 12.9. The van der Waals surface area contributed by atoms with Crippen LogP contribution in [0, 0.1) is 0 Å². The Morgan fingerprint density at radius 2 is 1.55 bits per heavy atom. The highest BCUT2D eigenvalue weighted by atomic mass is 32.2. The van der Waals surface area contributed by atoms with Crippen LogP contribution in [-0.2, 0) is 10.0 Å². The Hall–Kier alpha value is -3.84. The Bertz CT molecular complexity index is 1300. The van der Waals surface area contributed by atoms with Crippen LogP contribution in [0.15, 0.2) is 108 Å². The molecule has 0 unspecified atom stereocenters. The Kier molecular flexibility index (Phi) is 5.60. The van der Waals surface area contributed by atoms with E-state index in [1.165, 1.54) is 23.5 Å². The number of carbonyl (C=O) groups is 1. The maximum absolute atomic E-state index is 13.0. The van der Waals surface area contributed by atoms with Gasteiger partial charge in [-0.25, -0.2) is 8.42 Å². The standard InChI is InChI=1S/C24H21N3O3S/c1-26(21-11-3-2-4-12-21)31(29,30)23-14-8-10-20(18-23)25-24(28)19-9-7-13-22(17-19)27-15-5-6-16-27/h2-18H,1H3,(H,25,28). The summed E-state index contributed by atoms with van der Waals surface area (Å²) in [6, 6.07) is 26.1. The van der Waals surface area contributed by atoms with Crippen molar-refractivity contribution in [1.29, 1.82) is 0 Å². The lowest BCUT2D eigenvalue weighted by Crippen LogP contribution is -2.26. The molecule has 0 aliphatic heterocycles. The van der Waals surface area contributed by atoms with Gasteiger partial charge in [-0.15, -0.1) is 0 Å². The summed E-state index contributed by atoms with van der Waals surface area (Å²) in [7, 11) is -2.27. The van der Waals surface area contributed by atoms with E-state index in [-0.39, 0.29) is 10.8 Å². The van der Waals surface area contributed by atoms with Crippen molar-refractivity contribution < 1.29 is 13.2 Å². The minimum absolute atomic E-state index is 0.0951. The number of para-hydroxylation sites is 1. The number of nitrogens with one attached hydrogen (secondary N) is 1. The van der Waals surface area contributed by atoms with Gasteiger partial charge < -0.3 is 9.88 Å². The van der Waals surface area contributed by atoms with Crippen LogP contribution in [0.3, 0.4) is 0 Å². The molecule has 0 spiro atoms. The summed E-state index contributed by atoms with van der Waals surface area (Å²) in [5.41, 5.74) is 2.29. The molecule has 0 fully saturated rings. The number of rotatable bonds is 6. The van der Waals surface area contributed by atoms with Crippen LogP contribution >= 0.6 is 0 Å². The molecule has 1 N–H and O–H groups in total. The van der Waals surface area contributed by atoms with Crippen molar-refractivity contribution in [2.45, 2.75) is 4.90 Å². The van der Waals surface area contributed by atoms with Gasteiger partial charge in [-0.1, -0.05) is 30.3 Å². The van der Waals surface area contributed by atoms with E-state index >= 15 is 0 Å². The molecular weight excluding hydrogens is 410 g/mol. The average molecular weight is 432 g/mol. The normalized spacial score (nSPS) is 11.1. The second-order valence-electron chi connectivity index (χ2n) is 6.93. The van der Waals surface area contributed by atoms with Gasteiger partial charge in [0.2, 0.25) is 0 Å². The molecule has 0 radical (unpaired) electrons. The molecule has 156 valence electrons. The summed E-state index contributed by atoms with van der Waals surface area (Å²) in [5, 5.41) is 2.79. The maximum atomic E-state index is 13.0. The van der Waals surface area contributed by atoms with E-state index in [0.29, 0.717) is 16.9 Å². The van der Waals surface area contributed by atoms with Crippen molar-refractivity contribution in [1.82, 2.24) is 4.57 Å². The molecule has 0 atom stereocenters. The third-order valence-corrected chi connectivity index (χ3v) is 6.66. The van der Waals surface area contributed by atoms with Gasteiger partial charge in [-0.2, -0.15) is 0 Å². The van der Waals surface area contributed by atoms with Gasteiger partial charge in [0.15, 0.2) is 0 Å². The molecule has 0 aliphatic rings. The summed E-state index contributed by atoms with van der Waals surface area (Å²) < 4.78 is 29.2. The zero-order chi connectivity index (χ0) is 21.8. The van der Waals surface area contributed by atoms with E-state index in [1.807, 2.05) is 41.2 Å². The molecule has 1 amide bonds. The Morgan fingerprint density at radius 1 is 0.839 bits per heavy atom. The predicted molar refractivity (Wildman–Crippen MR) is 122 cm³/mol. The quantitative estimate of drug-likeness (QED) is 0.487. The first kappa shape index (κ1) is 20.4. The van der Waals surface area contributed by atoms with Gasteiger partial charge in [-0.3, -0.25) is 9.10 Å². The van der Waals surface area contributed by atoms with Crippen molar-refractivity contribution in [2.24, 2.45) is 0 Å². The summed E-state index contributed by atoms with van der Waals surface area (Å²) in [6.45, 7) is 0. The van der Waals surface area contributed by atoms with Crippen molar-refractivity contribution in [3.63, 3.8) is 0 Å². The number of sulfonamides is 1. The molecule has 0 saturated heterocycles. The molecule has 7 heteroatoms. The van der Waals surface area contributed by atoms with E-state index in [2.05, 4.69) is 5.32 Å². The second kappa shape index (κ2) is 8.49. The predicted octanol–water partition coefficient (Wildman–Crippen LogP) is 4.55. The molecule has 4 rings (SSSR count). The Balaban J connectivity index is 1.56. The molecule has 31 heavy (non-hydrogen) atoms. The zero-order valence-electron chi connectivity index (χ0n) is 16.8. The van der Waals surface area contributed by atoms with Gasteiger partial charge in [0.25, 0.3) is 15.9 Å². The number of carbonyl (C=O) groups excluding carboxylic acids is 1. The van der Waals surface area contributed by atoms with Gasteiger partial charge in [-0.05, 0) is 60.7 Å². The van der Waals surface area contributed by atoms with E-state index in [1.54, 1.807) is 54.6 Å². The number of nitrogens with zero attached hydrogens (tertiary/aromatic N) is 2. The van der Waals surface area contributed by atoms with Crippen molar-refractivity contribution in [3.05, 3.63) is 109 Å². The van der Waals surface area contributed by atoms with E-state index in [9.17, 15) is 13.2 Å². The number of anilines is 2. The number of hydrogen-bond acceptors (Lipinski definition) is 3. The largest absolute Gasteiger partial charge is 0.324 e. The number of aromatic nitrogens is 1. The highest BCUT2D eigenvalue weighted by molar-refractivity contribution is 7.92. The zero-order valence-corrected chi connectivity index (χ0v) is 17.7. The molecule has 3 aromatic carbocycles. The monoisotopic (exact) mass is 431 g/mol. The van der Waals surface area contributed by atoms with Gasteiger partial charge in [0.05, 0.1) is 10.6 Å². The van der Waals surface area contributed by atoms with Crippen molar-refractivity contribution in [2.75, 3.05) is 16.7 Å². The lowest BCUT2D eigenvalue weighted by Gasteiger charge is -2.20. The smallest absolute Gasteiger partial charge is 0.264 e. The van der Waals surface area contributed by atoms with Crippen LogP contribution in [-0.4, -0.2) is 25.9 Å². The van der Waals surface area contributed by atoms with Crippen LogP contribution in [0.1, 0.15) is 10.4 Å². The van der Waals surface area contributed by atoms with Crippen LogP contribution in [0.5, 0.6) is 0 Å². The molecular formula is C24H21N3O3S. The fraction of sp³-hybridized carbons (Fsp3) is 0.0417. The summed E-state index contributed by atoms with van der Waals surface area (Å²) >= 11 is 0. The third-order valence-electron chi connectivity index (χ3n) is 4.88. The van der Waals surface area contributed by atoms with Crippen molar-refractivity contribution >= 4 is 27.3 Å². The second-order valence-corrected chi connectivity index (χ2v) is 8.90. The number of benzene rings is 3. The molecule has 4 aromatic rings. The van der Waals surface area contributed by atoms with Crippen LogP contribution in [0.4, 0.5) is 11.4 Å². The first-order valence-electron chi connectivity index (χ1n) is 9.64. The summed E-state index contributed by atoms with van der Waals surface area (Å²) in [6.07, 6.45) is 3.79. The van der Waals surface area contributed by atoms with E-state index < -0.39 is 10.0 Å². The van der Waals surface area contributed by atoms with Crippen LogP contribution in [0.2, 0.25) is 0 Å². The van der Waals surface area contributed by atoms with E-state index in [0.717, 1.165) is 5.69 Å². The molecule has 1 aromatic heterocycles. The Labute approximate surface area is 181 Å². The molecule has 0 saturated carbocycles. The minimum Gasteiger partial charge on any atom is -0.324 e. The van der Waals surface area contributed by atoms with Gasteiger partial charge in [0, 0.05) is 36.4 Å². The molecule has 1 heterocycles. The minimum atomic E-state index is -3.77. The Morgan fingerprint density at radius 3 is 2.29 bits per heavy atom. The topological polar surface area (TPSA) is 71.4 Å². The molecule has 6 nitrogen and oxygen atoms in total. The van der Waals surface area contributed by atoms with Crippen molar-refractivity contribution in [3.8, 4) is 5.69 Å². The summed E-state index contributed by atoms with van der Waals surface area (Å²) in [5.74, 6) is -0.319. The number of hydrogen-bond donors (Lipinski definition) is 1. The van der Waals surface area contributed by atoms with E-state index in [4.69, 9.17) is 0 Å². The van der Waals surface area contributed by atoms with Gasteiger partial charge >= 0.3 is 0 Å². The first-order valence-corrected chi connectivity index (χ1v) is 11.1. The third kappa shape index (κ3) is 4.36. The van der Waals surface area contributed by atoms with Gasteiger partial charge in [0.1, 0.15) is 0 Å². The highest BCUT2D eigenvalue weighted by Gasteiger charge is 2.21. The maximum Gasteiger partial charge on any atom is 0.264 e. The average Bonchev–Trinajstić information content (AvgIpc) is 3.34. The molecule has 0 aliphatic carbocycles. The lowest BCUT2D eigenvalue weighted by atomic mass is 10.2. The first-order chi connectivity index (χ1) is 14.9. The van der Waals surface area contributed by atoms with Crippen LogP contribution < -0.4 is 9.62 Å². The fourth-order valence-corrected chi connectivity index (χ4v) is 4.43. The van der Waals surface area contributed by atoms with Crippen LogP contribution in [0.25, 0.3) is 5.69 Å². The fourth-order valence-electron chi connectivity index (χ4n) is 3.19. The lowest BCUT2D eigenvalue weighted by molar-refractivity contribution is 0.102. The SMILES string of the molecule is CN(c1ccccc1)S(=O)(=O)c1cccc(NC(=O)c2cccc(-n3cccc3)c2)c1. The molecule has 0 bridgehead atoms. The number of amides is 1. The highest BCUT2D eigenvalue weighted by Crippen LogP contribution is 2.24.